The zero-order valence-corrected chi connectivity index (χ0v) is 17.0. The van der Waals surface area contributed by atoms with Crippen LogP contribution in [0.25, 0.3) is 0 Å². The number of aldehydes is 1. The molecule has 0 aromatic heterocycles. The lowest BCUT2D eigenvalue weighted by Gasteiger charge is -2.20. The third-order valence-corrected chi connectivity index (χ3v) is 4.70. The van der Waals surface area contributed by atoms with Crippen LogP contribution in [0.1, 0.15) is 29.6 Å². The van der Waals surface area contributed by atoms with Crippen molar-refractivity contribution in [3.63, 3.8) is 0 Å². The van der Waals surface area contributed by atoms with E-state index in [2.05, 4.69) is 10.6 Å². The third-order valence-electron chi connectivity index (χ3n) is 4.00. The number of piperidine rings is 1. The minimum absolute atomic E-state index is 0.171. The van der Waals surface area contributed by atoms with Gasteiger partial charge in [0.05, 0.1) is 6.61 Å². The van der Waals surface area contributed by atoms with E-state index in [1.54, 1.807) is 13.1 Å². The van der Waals surface area contributed by atoms with E-state index in [0.717, 1.165) is 19.0 Å². The lowest BCUT2D eigenvalue weighted by Crippen LogP contribution is -2.36. The monoisotopic (exact) mass is 426 g/mol. The molecule has 3 N–H and O–H groups in total. The molecule has 1 heterocycles. The number of rotatable bonds is 4. The zero-order valence-electron chi connectivity index (χ0n) is 16.1. The topological polar surface area (TPSA) is 101 Å². The Morgan fingerprint density at radius 2 is 1.93 bits per heavy atom. The van der Waals surface area contributed by atoms with Gasteiger partial charge in [-0.1, -0.05) is 23.1 Å². The van der Waals surface area contributed by atoms with E-state index in [9.17, 15) is 23.0 Å². The van der Waals surface area contributed by atoms with Crippen LogP contribution in [0, 0.1) is 11.6 Å². The van der Waals surface area contributed by atoms with E-state index in [1.807, 2.05) is 0 Å². The Labute approximate surface area is 169 Å². The van der Waals surface area contributed by atoms with E-state index < -0.39 is 19.7 Å². The Kier molecular flexibility index (Phi) is 11.8. The van der Waals surface area contributed by atoms with Crippen LogP contribution in [0.15, 0.2) is 42.5 Å². The number of aliphatic hydroxyl groups is 1. The number of hydrogen-bond acceptors (Lipinski definition) is 6. The summed E-state index contributed by atoms with van der Waals surface area (Å²) in [6.45, 7) is 1.39. The first kappa shape index (κ1) is 24.8. The second-order valence-electron chi connectivity index (χ2n) is 6.21. The number of aliphatic hydroxyl groups excluding tert-OH is 1. The summed E-state index contributed by atoms with van der Waals surface area (Å²) in [7, 11) is -0.971. The van der Waals surface area contributed by atoms with Gasteiger partial charge in [-0.3, -0.25) is 4.79 Å². The average molecular weight is 426 g/mol. The van der Waals surface area contributed by atoms with Gasteiger partial charge in [0.15, 0.2) is 5.30 Å². The van der Waals surface area contributed by atoms with Crippen molar-refractivity contribution in [1.29, 1.82) is 0 Å². The maximum atomic E-state index is 12.3. The molecule has 158 valence electrons. The Morgan fingerprint density at radius 1 is 1.24 bits per heavy atom. The number of benzene rings is 2. The molecule has 29 heavy (non-hydrogen) atoms. The Bertz CT molecular complexity index is 767. The SMILES string of the molecule is CNc1cc(F)cc(F)c1.O=Cc1cccc([P+](=O)[O-])c1.OCC1CCCCN1. The molecule has 1 aliphatic heterocycles. The van der Waals surface area contributed by atoms with Gasteiger partial charge in [0, 0.05) is 36.5 Å². The summed E-state index contributed by atoms with van der Waals surface area (Å²) in [5.41, 5.74) is 0.819. The van der Waals surface area contributed by atoms with Gasteiger partial charge in [0.1, 0.15) is 17.9 Å². The molecule has 2 unspecified atom stereocenters. The van der Waals surface area contributed by atoms with Crippen molar-refractivity contribution in [3.05, 3.63) is 59.7 Å². The first-order valence-corrected chi connectivity index (χ1v) is 10.2. The summed E-state index contributed by atoms with van der Waals surface area (Å²) < 4.78 is 35.1. The van der Waals surface area contributed by atoms with Gasteiger partial charge in [0.2, 0.25) is 0 Å². The number of carbonyl (C=O) groups excluding carboxylic acids is 1. The fraction of sp³-hybridized carbons (Fsp3) is 0.350. The van der Waals surface area contributed by atoms with Gasteiger partial charge < -0.3 is 20.6 Å². The number of hydrogen-bond donors (Lipinski definition) is 3. The van der Waals surface area contributed by atoms with Crippen molar-refractivity contribution in [3.8, 4) is 0 Å². The molecule has 3 rings (SSSR count). The molecule has 6 nitrogen and oxygen atoms in total. The summed E-state index contributed by atoms with van der Waals surface area (Å²) in [5.74, 6) is -1.13. The zero-order chi connectivity index (χ0) is 21.6. The highest BCUT2D eigenvalue weighted by molar-refractivity contribution is 7.45. The normalized spacial score (nSPS) is 15.8. The molecule has 0 radical (unpaired) electrons. The number of anilines is 1. The molecule has 0 bridgehead atoms. The lowest BCUT2D eigenvalue weighted by atomic mass is 10.1. The Balaban J connectivity index is 0.000000220. The van der Waals surface area contributed by atoms with Crippen LogP contribution in [0.4, 0.5) is 14.5 Å². The van der Waals surface area contributed by atoms with Gasteiger partial charge in [0.25, 0.3) is 0 Å². The maximum absolute atomic E-state index is 12.3. The van der Waals surface area contributed by atoms with Crippen molar-refractivity contribution >= 4 is 25.3 Å². The molecule has 0 aliphatic carbocycles. The van der Waals surface area contributed by atoms with Gasteiger partial charge >= 0.3 is 8.03 Å². The predicted molar refractivity (Wildman–Crippen MR) is 108 cm³/mol. The van der Waals surface area contributed by atoms with Crippen LogP contribution in [-0.4, -0.2) is 37.6 Å². The molecule has 2 aromatic rings. The minimum atomic E-state index is -2.58. The molecular formula is C20H25F2N2O4P. The van der Waals surface area contributed by atoms with Gasteiger partial charge in [-0.05, 0) is 37.6 Å². The van der Waals surface area contributed by atoms with E-state index in [1.165, 1.54) is 43.2 Å². The van der Waals surface area contributed by atoms with Crippen LogP contribution in [0.2, 0.25) is 0 Å². The van der Waals surface area contributed by atoms with Crippen LogP contribution in [0.5, 0.6) is 0 Å². The highest BCUT2D eigenvalue weighted by atomic mass is 31.1. The van der Waals surface area contributed by atoms with Crippen molar-refractivity contribution < 1.29 is 28.1 Å². The summed E-state index contributed by atoms with van der Waals surface area (Å²) in [5, 5.41) is 14.6. The van der Waals surface area contributed by atoms with Gasteiger partial charge in [-0.2, -0.15) is 0 Å². The number of nitrogens with one attached hydrogen (secondary N) is 2. The molecule has 2 aromatic carbocycles. The maximum Gasteiger partial charge on any atom is 0.348 e. The molecule has 2 atom stereocenters. The van der Waals surface area contributed by atoms with Crippen LogP contribution < -0.4 is 20.8 Å². The van der Waals surface area contributed by atoms with Crippen LogP contribution in [0.3, 0.4) is 0 Å². The summed E-state index contributed by atoms with van der Waals surface area (Å²) in [6, 6.07) is 9.54. The summed E-state index contributed by atoms with van der Waals surface area (Å²) >= 11 is 0. The van der Waals surface area contributed by atoms with Crippen molar-refractivity contribution in [2.75, 3.05) is 25.5 Å². The second kappa shape index (κ2) is 13.8. The van der Waals surface area contributed by atoms with Crippen molar-refractivity contribution in [2.45, 2.75) is 25.3 Å². The predicted octanol–water partition coefficient (Wildman–Crippen LogP) is 2.35. The number of halogens is 2. The molecule has 0 saturated carbocycles. The summed E-state index contributed by atoms with van der Waals surface area (Å²) in [4.78, 5) is 20.6. The van der Waals surface area contributed by atoms with Crippen LogP contribution >= 0.6 is 8.03 Å². The molecule has 0 amide bonds. The minimum Gasteiger partial charge on any atom is -0.591 e. The molecule has 1 aliphatic rings. The first-order chi connectivity index (χ1) is 13.9. The standard InChI is InChI=1S/C7H7F2N.C7H5O3P.C6H13NO/c1-10-7-3-5(8)2-6(9)4-7;8-5-6-2-1-3-7(4-6)11(9)10;8-5-6-3-1-2-4-7-6/h2-4,10H,1H3;1-5H;6-8H,1-5H2. The lowest BCUT2D eigenvalue weighted by molar-refractivity contribution is -0.160. The van der Waals surface area contributed by atoms with E-state index in [0.29, 0.717) is 30.2 Å². The molecule has 0 spiro atoms. The largest absolute Gasteiger partial charge is 0.591 e. The fourth-order valence-corrected chi connectivity index (χ4v) is 2.95. The van der Waals surface area contributed by atoms with Crippen molar-refractivity contribution in [1.82, 2.24) is 5.32 Å². The molecule has 9 heteroatoms. The van der Waals surface area contributed by atoms with Crippen LogP contribution in [-0.2, 0) is 4.57 Å². The van der Waals surface area contributed by atoms with E-state index in [-0.39, 0.29) is 5.30 Å². The Morgan fingerprint density at radius 3 is 2.38 bits per heavy atom. The number of carbonyl (C=O) groups is 1. The smallest absolute Gasteiger partial charge is 0.348 e. The molecule has 1 fully saturated rings. The fourth-order valence-electron chi connectivity index (χ4n) is 2.49. The Hall–Kier alpha value is -2.25. The van der Waals surface area contributed by atoms with Gasteiger partial charge in [-0.25, -0.2) is 8.78 Å². The highest BCUT2D eigenvalue weighted by Gasteiger charge is 2.09. The quantitative estimate of drug-likeness (QED) is 0.513. The summed E-state index contributed by atoms with van der Waals surface area (Å²) in [6.07, 6.45) is 4.31. The molecular weight excluding hydrogens is 401 g/mol. The molecule has 1 saturated heterocycles. The third kappa shape index (κ3) is 10.2. The first-order valence-electron chi connectivity index (χ1n) is 9.07. The van der Waals surface area contributed by atoms with Gasteiger partial charge in [-0.15, -0.1) is 0 Å². The average Bonchev–Trinajstić information content (AvgIpc) is 2.74. The van der Waals surface area contributed by atoms with Crippen molar-refractivity contribution in [2.24, 2.45) is 0 Å². The highest BCUT2D eigenvalue weighted by Crippen LogP contribution is 2.11. The van der Waals surface area contributed by atoms with E-state index in [4.69, 9.17) is 5.11 Å². The van der Waals surface area contributed by atoms with E-state index >= 15 is 0 Å². The second-order valence-corrected chi connectivity index (χ2v) is 7.24.